The van der Waals surface area contributed by atoms with Crippen LogP contribution in [-0.2, 0) is 19.5 Å². The van der Waals surface area contributed by atoms with Crippen LogP contribution in [0.4, 0.5) is 11.5 Å². The first-order chi connectivity index (χ1) is 11.4. The third-order valence-electron chi connectivity index (χ3n) is 4.05. The zero-order chi connectivity index (χ0) is 15.5. The van der Waals surface area contributed by atoms with Crippen LogP contribution in [0.3, 0.4) is 0 Å². The zero-order valence-electron chi connectivity index (χ0n) is 12.8. The van der Waals surface area contributed by atoms with Crippen molar-refractivity contribution in [3.05, 3.63) is 71.7 Å². The van der Waals surface area contributed by atoms with Crippen molar-refractivity contribution >= 4 is 11.5 Å². The number of aromatic nitrogens is 2. The van der Waals surface area contributed by atoms with E-state index >= 15 is 0 Å². The maximum absolute atomic E-state index is 5.50. The molecule has 4 rings (SSSR count). The SMILES string of the molecule is c1ccc(Nc2noc3c2CN(Cc2ccccn2)CC3)cc1. The van der Waals surface area contributed by atoms with E-state index in [2.05, 4.69) is 26.4 Å². The molecule has 0 saturated heterocycles. The van der Waals surface area contributed by atoms with E-state index in [4.69, 9.17) is 4.52 Å². The Morgan fingerprint density at radius 3 is 2.78 bits per heavy atom. The lowest BCUT2D eigenvalue weighted by Gasteiger charge is -2.25. The van der Waals surface area contributed by atoms with Gasteiger partial charge in [0.1, 0.15) is 5.76 Å². The molecule has 1 N–H and O–H groups in total. The van der Waals surface area contributed by atoms with Gasteiger partial charge in [-0.05, 0) is 24.3 Å². The Morgan fingerprint density at radius 2 is 1.96 bits per heavy atom. The fourth-order valence-corrected chi connectivity index (χ4v) is 2.88. The van der Waals surface area contributed by atoms with E-state index in [9.17, 15) is 0 Å². The van der Waals surface area contributed by atoms with Crippen LogP contribution in [0, 0.1) is 0 Å². The Kier molecular flexibility index (Phi) is 3.78. The number of nitrogens with zero attached hydrogens (tertiary/aromatic N) is 3. The second-order valence-corrected chi connectivity index (χ2v) is 5.71. The highest BCUT2D eigenvalue weighted by Gasteiger charge is 2.24. The molecule has 23 heavy (non-hydrogen) atoms. The number of benzene rings is 1. The largest absolute Gasteiger partial charge is 0.359 e. The second-order valence-electron chi connectivity index (χ2n) is 5.71. The summed E-state index contributed by atoms with van der Waals surface area (Å²) in [6.45, 7) is 2.63. The van der Waals surface area contributed by atoms with Gasteiger partial charge in [0.05, 0.1) is 11.3 Å². The van der Waals surface area contributed by atoms with Gasteiger partial charge in [0, 0.05) is 37.9 Å². The van der Waals surface area contributed by atoms with Gasteiger partial charge >= 0.3 is 0 Å². The molecule has 0 radical (unpaired) electrons. The van der Waals surface area contributed by atoms with Crippen LogP contribution < -0.4 is 5.32 Å². The third-order valence-corrected chi connectivity index (χ3v) is 4.05. The maximum Gasteiger partial charge on any atom is 0.178 e. The molecule has 0 amide bonds. The van der Waals surface area contributed by atoms with Gasteiger partial charge in [-0.2, -0.15) is 0 Å². The lowest BCUT2D eigenvalue weighted by atomic mass is 10.1. The smallest absolute Gasteiger partial charge is 0.178 e. The van der Waals surface area contributed by atoms with Crippen LogP contribution >= 0.6 is 0 Å². The summed E-state index contributed by atoms with van der Waals surface area (Å²) in [7, 11) is 0. The Balaban J connectivity index is 1.51. The number of anilines is 2. The van der Waals surface area contributed by atoms with Crippen LogP contribution in [0.5, 0.6) is 0 Å². The second kappa shape index (κ2) is 6.22. The summed E-state index contributed by atoms with van der Waals surface area (Å²) in [5.41, 5.74) is 3.26. The molecule has 1 aliphatic heterocycles. The van der Waals surface area contributed by atoms with Gasteiger partial charge in [0.15, 0.2) is 5.82 Å². The summed E-state index contributed by atoms with van der Waals surface area (Å²) in [5, 5.41) is 7.56. The lowest BCUT2D eigenvalue weighted by molar-refractivity contribution is 0.226. The third kappa shape index (κ3) is 3.10. The topological polar surface area (TPSA) is 54.2 Å². The van der Waals surface area contributed by atoms with Gasteiger partial charge in [-0.15, -0.1) is 0 Å². The number of hydrogen-bond donors (Lipinski definition) is 1. The molecule has 1 aromatic carbocycles. The van der Waals surface area contributed by atoms with Gasteiger partial charge in [-0.1, -0.05) is 29.4 Å². The Morgan fingerprint density at radius 1 is 1.09 bits per heavy atom. The number of hydrogen-bond acceptors (Lipinski definition) is 5. The number of para-hydroxylation sites is 1. The van der Waals surface area contributed by atoms with E-state index in [1.807, 2.05) is 48.7 Å². The molecule has 0 saturated carbocycles. The van der Waals surface area contributed by atoms with E-state index in [1.54, 1.807) is 0 Å². The van der Waals surface area contributed by atoms with Crippen molar-refractivity contribution in [3.8, 4) is 0 Å². The number of nitrogens with one attached hydrogen (secondary N) is 1. The molecule has 3 heterocycles. The molecular weight excluding hydrogens is 288 g/mol. The first-order valence-electron chi connectivity index (χ1n) is 7.80. The van der Waals surface area contributed by atoms with E-state index < -0.39 is 0 Å². The minimum atomic E-state index is 0.817. The van der Waals surface area contributed by atoms with Crippen molar-refractivity contribution in [3.63, 3.8) is 0 Å². The summed E-state index contributed by atoms with van der Waals surface area (Å²) >= 11 is 0. The van der Waals surface area contributed by atoms with E-state index in [0.29, 0.717) is 0 Å². The van der Waals surface area contributed by atoms with Crippen molar-refractivity contribution in [1.82, 2.24) is 15.0 Å². The first kappa shape index (κ1) is 14.0. The molecule has 3 aromatic rings. The van der Waals surface area contributed by atoms with Crippen LogP contribution in [0.25, 0.3) is 0 Å². The predicted octanol–water partition coefficient (Wildman–Crippen LogP) is 3.37. The Hall–Kier alpha value is -2.66. The van der Waals surface area contributed by atoms with Crippen molar-refractivity contribution < 1.29 is 4.52 Å². The Bertz CT molecular complexity index is 770. The van der Waals surface area contributed by atoms with Gasteiger partial charge in [0.2, 0.25) is 0 Å². The molecule has 0 unspecified atom stereocenters. The molecule has 5 nitrogen and oxygen atoms in total. The van der Waals surface area contributed by atoms with Crippen LogP contribution in [0.1, 0.15) is 17.0 Å². The normalized spacial score (nSPS) is 14.4. The number of pyridine rings is 1. The quantitative estimate of drug-likeness (QED) is 0.801. The first-order valence-corrected chi connectivity index (χ1v) is 7.80. The molecule has 5 heteroatoms. The summed E-state index contributed by atoms with van der Waals surface area (Å²) < 4.78 is 5.50. The number of rotatable bonds is 4. The van der Waals surface area contributed by atoms with Gasteiger partial charge in [-0.25, -0.2) is 0 Å². The predicted molar refractivity (Wildman–Crippen MR) is 88.3 cm³/mol. The Labute approximate surface area is 134 Å². The van der Waals surface area contributed by atoms with E-state index in [0.717, 1.165) is 54.6 Å². The molecule has 1 aliphatic rings. The van der Waals surface area contributed by atoms with Gasteiger partial charge < -0.3 is 9.84 Å². The highest BCUT2D eigenvalue weighted by atomic mass is 16.5. The fraction of sp³-hybridized carbons (Fsp3) is 0.222. The molecule has 0 spiro atoms. The summed E-state index contributed by atoms with van der Waals surface area (Å²) in [4.78, 5) is 6.78. The molecule has 2 aromatic heterocycles. The van der Waals surface area contributed by atoms with Crippen LogP contribution in [-0.4, -0.2) is 21.6 Å². The zero-order valence-corrected chi connectivity index (χ0v) is 12.8. The van der Waals surface area contributed by atoms with Crippen molar-refractivity contribution in [2.45, 2.75) is 19.5 Å². The highest BCUT2D eigenvalue weighted by molar-refractivity contribution is 5.59. The monoisotopic (exact) mass is 306 g/mol. The molecule has 116 valence electrons. The minimum Gasteiger partial charge on any atom is -0.359 e. The molecular formula is C18H18N4O. The lowest BCUT2D eigenvalue weighted by Crippen LogP contribution is -2.30. The molecule has 0 aliphatic carbocycles. The minimum absolute atomic E-state index is 0.817. The van der Waals surface area contributed by atoms with E-state index in [-0.39, 0.29) is 0 Å². The van der Waals surface area contributed by atoms with Crippen molar-refractivity contribution in [2.24, 2.45) is 0 Å². The molecule has 0 bridgehead atoms. The fourth-order valence-electron chi connectivity index (χ4n) is 2.88. The van der Waals surface area contributed by atoms with Crippen LogP contribution in [0.15, 0.2) is 59.3 Å². The summed E-state index contributed by atoms with van der Waals surface area (Å²) in [6.07, 6.45) is 2.72. The van der Waals surface area contributed by atoms with Gasteiger partial charge in [-0.3, -0.25) is 9.88 Å². The summed E-state index contributed by atoms with van der Waals surface area (Å²) in [5.74, 6) is 1.80. The molecule has 0 fully saturated rings. The summed E-state index contributed by atoms with van der Waals surface area (Å²) in [6, 6.07) is 16.1. The average molecular weight is 306 g/mol. The van der Waals surface area contributed by atoms with Crippen molar-refractivity contribution in [1.29, 1.82) is 0 Å². The maximum atomic E-state index is 5.50. The molecule has 0 atom stereocenters. The van der Waals surface area contributed by atoms with Gasteiger partial charge in [0.25, 0.3) is 0 Å². The average Bonchev–Trinajstić information content (AvgIpc) is 2.99. The van der Waals surface area contributed by atoms with Crippen molar-refractivity contribution in [2.75, 3.05) is 11.9 Å². The number of fused-ring (bicyclic) bond motifs is 1. The standard InChI is InChI=1S/C18H18N4O/c1-2-6-14(7-3-1)20-18-16-13-22(11-9-17(16)23-21-18)12-15-8-4-5-10-19-15/h1-8,10H,9,11-13H2,(H,20,21). The van der Waals surface area contributed by atoms with E-state index in [1.165, 1.54) is 0 Å². The highest BCUT2D eigenvalue weighted by Crippen LogP contribution is 2.28. The van der Waals surface area contributed by atoms with Crippen LogP contribution in [0.2, 0.25) is 0 Å².